The van der Waals surface area contributed by atoms with E-state index in [0.717, 1.165) is 28.7 Å². The second-order valence-corrected chi connectivity index (χ2v) is 6.52. The highest BCUT2D eigenvalue weighted by Gasteiger charge is 2.18. The van der Waals surface area contributed by atoms with E-state index in [1.165, 1.54) is 0 Å². The fourth-order valence-corrected chi connectivity index (χ4v) is 3.15. The second kappa shape index (κ2) is 7.06. The summed E-state index contributed by atoms with van der Waals surface area (Å²) in [5.74, 6) is -0.205. The number of aromatic nitrogens is 6. The lowest BCUT2D eigenvalue weighted by Crippen LogP contribution is -2.28. The van der Waals surface area contributed by atoms with Crippen LogP contribution in [0.3, 0.4) is 0 Å². The third-order valence-electron chi connectivity index (χ3n) is 4.57. The molecule has 1 amide bonds. The van der Waals surface area contributed by atoms with Crippen LogP contribution in [-0.2, 0) is 13.6 Å². The predicted octanol–water partition coefficient (Wildman–Crippen LogP) is 2.42. The second-order valence-electron chi connectivity index (χ2n) is 6.52. The van der Waals surface area contributed by atoms with E-state index < -0.39 is 0 Å². The zero-order valence-corrected chi connectivity index (χ0v) is 15.3. The molecular weight excluding hydrogens is 342 g/mol. The summed E-state index contributed by atoms with van der Waals surface area (Å²) >= 11 is 0. The standard InChI is InChI=1S/C19H21N7O/c1-3-15(13-9-21-25(2)10-13)22-19(27)17-8-14(23-24-17)11-26-12-20-16-6-4-5-7-18(16)26/h4-10,12,15H,3,11H2,1-2H3,(H,22,27)(H,23,24)/t15-/m1/s1. The van der Waals surface area contributed by atoms with Crippen molar-refractivity contribution >= 4 is 16.9 Å². The number of fused-ring (bicyclic) bond motifs is 1. The summed E-state index contributed by atoms with van der Waals surface area (Å²) in [7, 11) is 1.86. The smallest absolute Gasteiger partial charge is 0.272 e. The molecule has 0 saturated carbocycles. The van der Waals surface area contributed by atoms with Gasteiger partial charge in [-0.25, -0.2) is 4.98 Å². The molecule has 1 atom stereocenters. The summed E-state index contributed by atoms with van der Waals surface area (Å²) in [6.45, 7) is 2.60. The highest BCUT2D eigenvalue weighted by atomic mass is 16.2. The van der Waals surface area contributed by atoms with Crippen molar-refractivity contribution in [2.24, 2.45) is 7.05 Å². The Morgan fingerprint density at radius 2 is 2.19 bits per heavy atom. The summed E-state index contributed by atoms with van der Waals surface area (Å²) in [5.41, 5.74) is 4.18. The van der Waals surface area contributed by atoms with Gasteiger partial charge in [-0.2, -0.15) is 10.2 Å². The largest absolute Gasteiger partial charge is 0.344 e. The van der Waals surface area contributed by atoms with Crippen molar-refractivity contribution in [3.8, 4) is 0 Å². The number of hydrogen-bond acceptors (Lipinski definition) is 4. The van der Waals surface area contributed by atoms with Crippen LogP contribution in [0.5, 0.6) is 0 Å². The number of aryl methyl sites for hydroxylation is 1. The van der Waals surface area contributed by atoms with E-state index in [0.29, 0.717) is 12.2 Å². The van der Waals surface area contributed by atoms with Crippen molar-refractivity contribution in [2.45, 2.75) is 25.9 Å². The lowest BCUT2D eigenvalue weighted by atomic mass is 10.1. The van der Waals surface area contributed by atoms with E-state index in [1.54, 1.807) is 23.3 Å². The first-order valence-electron chi connectivity index (χ1n) is 8.87. The Kier molecular flexibility index (Phi) is 4.45. The predicted molar refractivity (Wildman–Crippen MR) is 101 cm³/mol. The number of para-hydroxylation sites is 2. The van der Waals surface area contributed by atoms with E-state index in [-0.39, 0.29) is 11.9 Å². The number of benzene rings is 1. The van der Waals surface area contributed by atoms with Crippen molar-refractivity contribution in [1.29, 1.82) is 0 Å². The van der Waals surface area contributed by atoms with Crippen LogP contribution in [0, 0.1) is 0 Å². The van der Waals surface area contributed by atoms with Gasteiger partial charge in [0.15, 0.2) is 0 Å². The Balaban J connectivity index is 1.47. The molecule has 4 aromatic rings. The maximum Gasteiger partial charge on any atom is 0.272 e. The molecule has 1 aromatic carbocycles. The Morgan fingerprint density at radius 3 is 2.96 bits per heavy atom. The maximum absolute atomic E-state index is 12.6. The molecule has 0 fully saturated rings. The number of rotatable bonds is 6. The molecule has 0 aliphatic rings. The van der Waals surface area contributed by atoms with E-state index in [2.05, 4.69) is 25.6 Å². The first kappa shape index (κ1) is 17.0. The Hall–Kier alpha value is -3.42. The molecule has 2 N–H and O–H groups in total. The molecule has 0 aliphatic carbocycles. The Morgan fingerprint density at radius 1 is 1.33 bits per heavy atom. The molecule has 0 saturated heterocycles. The third-order valence-corrected chi connectivity index (χ3v) is 4.57. The highest BCUT2D eigenvalue weighted by molar-refractivity contribution is 5.92. The van der Waals surface area contributed by atoms with Gasteiger partial charge in [0.25, 0.3) is 5.91 Å². The third kappa shape index (κ3) is 3.46. The number of hydrogen-bond donors (Lipinski definition) is 2. The van der Waals surface area contributed by atoms with Gasteiger partial charge < -0.3 is 9.88 Å². The fraction of sp³-hybridized carbons (Fsp3) is 0.263. The zero-order valence-electron chi connectivity index (χ0n) is 15.3. The van der Waals surface area contributed by atoms with Crippen molar-refractivity contribution in [3.63, 3.8) is 0 Å². The molecule has 8 nitrogen and oxygen atoms in total. The van der Waals surface area contributed by atoms with Gasteiger partial charge >= 0.3 is 0 Å². The minimum atomic E-state index is -0.205. The summed E-state index contributed by atoms with van der Waals surface area (Å²) in [4.78, 5) is 17.0. The highest BCUT2D eigenvalue weighted by Crippen LogP contribution is 2.17. The average Bonchev–Trinajstić information content (AvgIpc) is 3.41. The van der Waals surface area contributed by atoms with Crippen LogP contribution in [0.4, 0.5) is 0 Å². The fourth-order valence-electron chi connectivity index (χ4n) is 3.15. The SMILES string of the molecule is CC[C@@H](NC(=O)c1cc(Cn2cnc3ccccc32)[nH]n1)c1cnn(C)c1. The van der Waals surface area contributed by atoms with Gasteiger partial charge in [-0.1, -0.05) is 19.1 Å². The lowest BCUT2D eigenvalue weighted by Gasteiger charge is -2.14. The molecule has 138 valence electrons. The van der Waals surface area contributed by atoms with Gasteiger partial charge in [-0.05, 0) is 24.6 Å². The summed E-state index contributed by atoms with van der Waals surface area (Å²) in [6.07, 6.45) is 6.25. The Labute approximate surface area is 156 Å². The molecule has 3 aromatic heterocycles. The van der Waals surface area contributed by atoms with Crippen LogP contribution in [-0.4, -0.2) is 35.4 Å². The number of H-pyrrole nitrogens is 1. The van der Waals surface area contributed by atoms with Gasteiger partial charge in [-0.15, -0.1) is 0 Å². The summed E-state index contributed by atoms with van der Waals surface area (Å²) in [6, 6.07) is 9.62. The molecular formula is C19H21N7O. The first-order chi connectivity index (χ1) is 13.1. The van der Waals surface area contributed by atoms with E-state index >= 15 is 0 Å². The van der Waals surface area contributed by atoms with Crippen molar-refractivity contribution in [3.05, 3.63) is 66.0 Å². The van der Waals surface area contributed by atoms with Crippen molar-refractivity contribution < 1.29 is 4.79 Å². The van der Waals surface area contributed by atoms with Crippen LogP contribution in [0.2, 0.25) is 0 Å². The normalized spacial score (nSPS) is 12.4. The number of nitrogens with one attached hydrogen (secondary N) is 2. The average molecular weight is 363 g/mol. The summed E-state index contributed by atoms with van der Waals surface area (Å²) < 4.78 is 3.75. The number of imidazole rings is 1. The van der Waals surface area contributed by atoms with E-state index in [4.69, 9.17) is 0 Å². The van der Waals surface area contributed by atoms with Crippen LogP contribution < -0.4 is 5.32 Å². The lowest BCUT2D eigenvalue weighted by molar-refractivity contribution is 0.0930. The van der Waals surface area contributed by atoms with Gasteiger partial charge in [0.05, 0.1) is 41.8 Å². The maximum atomic E-state index is 12.6. The molecule has 0 unspecified atom stereocenters. The first-order valence-corrected chi connectivity index (χ1v) is 8.87. The quantitative estimate of drug-likeness (QED) is 0.550. The molecule has 3 heterocycles. The van der Waals surface area contributed by atoms with Gasteiger partial charge in [0.2, 0.25) is 0 Å². The number of nitrogens with zero attached hydrogens (tertiary/aromatic N) is 5. The minimum Gasteiger partial charge on any atom is -0.344 e. The van der Waals surface area contributed by atoms with Gasteiger partial charge in [0.1, 0.15) is 5.69 Å². The topological polar surface area (TPSA) is 93.4 Å². The minimum absolute atomic E-state index is 0.0936. The molecule has 27 heavy (non-hydrogen) atoms. The van der Waals surface area contributed by atoms with Crippen LogP contribution >= 0.6 is 0 Å². The Bertz CT molecular complexity index is 1070. The number of carbonyl (C=O) groups excluding carboxylic acids is 1. The van der Waals surface area contributed by atoms with Crippen molar-refractivity contribution in [2.75, 3.05) is 0 Å². The number of aromatic amines is 1. The van der Waals surface area contributed by atoms with Crippen LogP contribution in [0.1, 0.15) is 41.1 Å². The van der Waals surface area contributed by atoms with Crippen LogP contribution in [0.15, 0.2) is 49.1 Å². The van der Waals surface area contributed by atoms with Gasteiger partial charge in [0, 0.05) is 18.8 Å². The monoisotopic (exact) mass is 363 g/mol. The number of amides is 1. The van der Waals surface area contributed by atoms with E-state index in [1.807, 2.05) is 49.0 Å². The molecule has 0 aliphatic heterocycles. The number of carbonyl (C=O) groups is 1. The molecule has 0 bridgehead atoms. The zero-order chi connectivity index (χ0) is 18.8. The van der Waals surface area contributed by atoms with Gasteiger partial charge in [-0.3, -0.25) is 14.6 Å². The van der Waals surface area contributed by atoms with E-state index in [9.17, 15) is 4.79 Å². The summed E-state index contributed by atoms with van der Waals surface area (Å²) in [5, 5.41) is 14.3. The molecule has 8 heteroatoms. The molecule has 4 rings (SSSR count). The van der Waals surface area contributed by atoms with Crippen molar-refractivity contribution in [1.82, 2.24) is 34.8 Å². The van der Waals surface area contributed by atoms with Crippen LogP contribution in [0.25, 0.3) is 11.0 Å². The molecule has 0 spiro atoms. The molecule has 0 radical (unpaired) electrons.